The topological polar surface area (TPSA) is 133 Å². The molecule has 4 rings (SSSR count). The van der Waals surface area contributed by atoms with E-state index in [1.165, 1.54) is 24.5 Å². The second-order valence-electron chi connectivity index (χ2n) is 9.64. The number of rotatable bonds is 6. The molecule has 0 aliphatic carbocycles. The lowest BCUT2D eigenvalue weighted by atomic mass is 10.1. The first kappa shape index (κ1) is 27.6. The Morgan fingerprint density at radius 3 is 2.45 bits per heavy atom. The minimum Gasteiger partial charge on any atom is -0.387 e. The molecule has 38 heavy (non-hydrogen) atoms. The molecular weight excluding hydrogens is 568 g/mol. The lowest BCUT2D eigenvalue weighted by molar-refractivity contribution is -0.384. The van der Waals surface area contributed by atoms with Gasteiger partial charge in [-0.05, 0) is 26.0 Å². The molecule has 2 aromatic rings. The van der Waals surface area contributed by atoms with Gasteiger partial charge in [-0.2, -0.15) is 0 Å². The van der Waals surface area contributed by atoms with E-state index in [1.807, 2.05) is 13.8 Å². The summed E-state index contributed by atoms with van der Waals surface area (Å²) >= 11 is 3.21. The Morgan fingerprint density at radius 2 is 1.82 bits per heavy atom. The molecule has 3 heterocycles. The smallest absolute Gasteiger partial charge is 0.294 e. The van der Waals surface area contributed by atoms with Gasteiger partial charge in [0.1, 0.15) is 11.7 Å². The highest BCUT2D eigenvalue weighted by Crippen LogP contribution is 2.38. The molecule has 1 aromatic carbocycles. The highest BCUT2D eigenvalue weighted by molar-refractivity contribution is 9.10. The molecular formula is C24H28BrF2N7O4. The van der Waals surface area contributed by atoms with Crippen LogP contribution in [0.25, 0.3) is 0 Å². The van der Waals surface area contributed by atoms with Gasteiger partial charge in [0.25, 0.3) is 23.4 Å². The lowest BCUT2D eigenvalue weighted by Crippen LogP contribution is -2.56. The number of nitrogens with one attached hydrogen (secondary N) is 3. The number of halogens is 3. The minimum absolute atomic E-state index is 0.0177. The quantitative estimate of drug-likeness (QED) is 0.342. The molecule has 2 aliphatic heterocycles. The molecule has 11 nitrogen and oxygen atoms in total. The number of aromatic nitrogens is 1. The first-order valence-electron chi connectivity index (χ1n) is 12.0. The number of nitro groups is 1. The van der Waals surface area contributed by atoms with Gasteiger partial charge < -0.3 is 25.8 Å². The number of alkyl halides is 2. The Morgan fingerprint density at radius 1 is 1.13 bits per heavy atom. The van der Waals surface area contributed by atoms with E-state index >= 15 is 8.78 Å². The van der Waals surface area contributed by atoms with Crippen molar-refractivity contribution >= 4 is 44.8 Å². The number of hydrogen-bond donors (Lipinski definition) is 3. The molecule has 0 saturated carbocycles. The number of likely N-dealkylation sites (tertiary alicyclic amines) is 1. The number of pyridine rings is 1. The van der Waals surface area contributed by atoms with Gasteiger partial charge in [0, 0.05) is 61.7 Å². The molecule has 2 aliphatic rings. The Balaban J connectivity index is 1.66. The SMILES string of the molecule is CNc1cncc(C(=O)N2C[C@H](Nc3c(C(=O)N4C[C@@H](C)N[C@@H](C)C4)cc(Br)cc3[N+](=O)[O-])C(F)(F)C2)c1. The van der Waals surface area contributed by atoms with Gasteiger partial charge in [0.2, 0.25) is 0 Å². The molecule has 0 spiro atoms. The van der Waals surface area contributed by atoms with Crippen LogP contribution in [-0.2, 0) is 0 Å². The van der Waals surface area contributed by atoms with Crippen molar-refractivity contribution in [1.82, 2.24) is 20.1 Å². The number of carbonyl (C=O) groups excluding carboxylic acids is 2. The monoisotopic (exact) mass is 595 g/mol. The maximum Gasteiger partial charge on any atom is 0.294 e. The summed E-state index contributed by atoms with van der Waals surface area (Å²) in [7, 11) is 1.64. The van der Waals surface area contributed by atoms with Crippen molar-refractivity contribution < 1.29 is 23.3 Å². The third-order valence-corrected chi connectivity index (χ3v) is 7.01. The molecule has 2 fully saturated rings. The fourth-order valence-corrected chi connectivity index (χ4v) is 5.31. The number of piperazine rings is 1. The van der Waals surface area contributed by atoms with E-state index in [0.717, 1.165) is 11.0 Å². The molecule has 3 atom stereocenters. The molecule has 204 valence electrons. The number of nitrogens with zero attached hydrogens (tertiary/aromatic N) is 4. The van der Waals surface area contributed by atoms with Crippen LogP contribution in [0.5, 0.6) is 0 Å². The number of nitro benzene ring substituents is 1. The second kappa shape index (κ2) is 10.8. The molecule has 14 heteroatoms. The zero-order valence-corrected chi connectivity index (χ0v) is 22.6. The van der Waals surface area contributed by atoms with Crippen molar-refractivity contribution in [3.63, 3.8) is 0 Å². The zero-order valence-electron chi connectivity index (χ0n) is 21.0. The zero-order chi connectivity index (χ0) is 27.8. The molecule has 0 unspecified atom stereocenters. The van der Waals surface area contributed by atoms with E-state index in [-0.39, 0.29) is 33.4 Å². The van der Waals surface area contributed by atoms with E-state index in [1.54, 1.807) is 11.9 Å². The fourth-order valence-electron chi connectivity index (χ4n) is 4.86. The van der Waals surface area contributed by atoms with Crippen LogP contribution >= 0.6 is 15.9 Å². The predicted molar refractivity (Wildman–Crippen MR) is 141 cm³/mol. The molecule has 0 radical (unpaired) electrons. The largest absolute Gasteiger partial charge is 0.387 e. The summed E-state index contributed by atoms with van der Waals surface area (Å²) in [5.41, 5.74) is -0.258. The van der Waals surface area contributed by atoms with Gasteiger partial charge in [-0.15, -0.1) is 0 Å². The van der Waals surface area contributed by atoms with Crippen LogP contribution in [0.1, 0.15) is 34.6 Å². The summed E-state index contributed by atoms with van der Waals surface area (Å²) in [6.07, 6.45) is 2.78. The summed E-state index contributed by atoms with van der Waals surface area (Å²) in [6, 6.07) is 2.35. The van der Waals surface area contributed by atoms with Gasteiger partial charge in [0.15, 0.2) is 0 Å². The van der Waals surface area contributed by atoms with Crippen molar-refractivity contribution in [2.24, 2.45) is 0 Å². The van der Waals surface area contributed by atoms with Gasteiger partial charge in [0.05, 0.1) is 28.3 Å². The van der Waals surface area contributed by atoms with Crippen molar-refractivity contribution in [1.29, 1.82) is 0 Å². The number of hydrogen-bond acceptors (Lipinski definition) is 8. The van der Waals surface area contributed by atoms with Crippen molar-refractivity contribution in [2.45, 2.75) is 37.9 Å². The minimum atomic E-state index is -3.43. The Labute approximate surface area is 226 Å². The maximum absolute atomic E-state index is 15.2. The number of amides is 2. The summed E-state index contributed by atoms with van der Waals surface area (Å²) < 4.78 is 30.7. The highest BCUT2D eigenvalue weighted by atomic mass is 79.9. The summed E-state index contributed by atoms with van der Waals surface area (Å²) in [5.74, 6) is -4.59. The number of carbonyl (C=O) groups is 2. The summed E-state index contributed by atoms with van der Waals surface area (Å²) in [6.45, 7) is 3.19. The third kappa shape index (κ3) is 5.70. The Kier molecular flexibility index (Phi) is 7.83. The van der Waals surface area contributed by atoms with Crippen molar-refractivity contribution in [3.8, 4) is 0 Å². The van der Waals surface area contributed by atoms with Gasteiger partial charge in [-0.25, -0.2) is 8.78 Å². The molecule has 1 aromatic heterocycles. The van der Waals surface area contributed by atoms with Crippen molar-refractivity contribution in [2.75, 3.05) is 43.9 Å². The van der Waals surface area contributed by atoms with E-state index in [0.29, 0.717) is 18.8 Å². The third-order valence-electron chi connectivity index (χ3n) is 6.55. The maximum atomic E-state index is 15.2. The van der Waals surface area contributed by atoms with Crippen LogP contribution < -0.4 is 16.0 Å². The Bertz CT molecular complexity index is 1250. The Hall–Kier alpha value is -3.39. The summed E-state index contributed by atoms with van der Waals surface area (Å²) in [5, 5.41) is 20.7. The van der Waals surface area contributed by atoms with Crippen LogP contribution in [0.2, 0.25) is 0 Å². The van der Waals surface area contributed by atoms with E-state index in [2.05, 4.69) is 36.9 Å². The molecule has 2 saturated heterocycles. The lowest BCUT2D eigenvalue weighted by Gasteiger charge is -2.36. The average molecular weight is 596 g/mol. The van der Waals surface area contributed by atoms with E-state index in [9.17, 15) is 19.7 Å². The molecule has 0 bridgehead atoms. The average Bonchev–Trinajstić information content (AvgIpc) is 3.16. The standard InChI is InChI=1S/C24H28BrF2N7O4/c1-13-9-32(10-14(2)30-13)23(36)18-5-16(25)6-19(34(37)38)21(18)31-20-11-33(12-24(20,26)27)22(35)15-4-17(28-3)8-29-7-15/h4-8,13-14,20,28,30-31H,9-12H2,1-3H3/t13-,14+,20-/m0/s1. The van der Waals surface area contributed by atoms with Crippen LogP contribution in [0, 0.1) is 10.1 Å². The first-order valence-corrected chi connectivity index (χ1v) is 12.8. The number of anilines is 2. The predicted octanol–water partition coefficient (Wildman–Crippen LogP) is 3.19. The van der Waals surface area contributed by atoms with Crippen LogP contribution in [-0.4, -0.2) is 88.8 Å². The summed E-state index contributed by atoms with van der Waals surface area (Å²) in [4.78, 5) is 44.2. The van der Waals surface area contributed by atoms with Gasteiger partial charge >= 0.3 is 0 Å². The van der Waals surface area contributed by atoms with E-state index in [4.69, 9.17) is 0 Å². The molecule has 3 N–H and O–H groups in total. The van der Waals surface area contributed by atoms with Gasteiger partial charge in [-0.3, -0.25) is 24.7 Å². The fraction of sp³-hybridized carbons (Fsp3) is 0.458. The normalized spacial score (nSPS) is 22.7. The van der Waals surface area contributed by atoms with Crippen LogP contribution in [0.4, 0.5) is 25.8 Å². The molecule has 2 amide bonds. The van der Waals surface area contributed by atoms with Crippen molar-refractivity contribution in [3.05, 3.63) is 56.3 Å². The van der Waals surface area contributed by atoms with Gasteiger partial charge in [-0.1, -0.05) is 15.9 Å². The van der Waals surface area contributed by atoms with Crippen LogP contribution in [0.15, 0.2) is 35.1 Å². The highest BCUT2D eigenvalue weighted by Gasteiger charge is 2.51. The second-order valence-corrected chi connectivity index (χ2v) is 10.6. The van der Waals surface area contributed by atoms with E-state index < -0.39 is 47.5 Å². The van der Waals surface area contributed by atoms with Crippen LogP contribution in [0.3, 0.4) is 0 Å². The first-order chi connectivity index (χ1) is 17.9. The number of benzene rings is 1.